The van der Waals surface area contributed by atoms with E-state index in [0.29, 0.717) is 5.56 Å². The fourth-order valence-corrected chi connectivity index (χ4v) is 6.77. The van der Waals surface area contributed by atoms with Crippen molar-refractivity contribution in [1.29, 1.82) is 5.26 Å². The van der Waals surface area contributed by atoms with Crippen LogP contribution in [0.25, 0.3) is 12.2 Å². The van der Waals surface area contributed by atoms with Crippen molar-refractivity contribution in [1.82, 2.24) is 0 Å². The van der Waals surface area contributed by atoms with Crippen LogP contribution < -0.4 is 5.19 Å². The zero-order chi connectivity index (χ0) is 16.2. The maximum Gasteiger partial charge on any atom is 0.0991 e. The molecule has 3 heteroatoms. The van der Waals surface area contributed by atoms with Crippen molar-refractivity contribution in [3.63, 3.8) is 0 Å². The fourth-order valence-electron chi connectivity index (χ4n) is 2.14. The van der Waals surface area contributed by atoms with E-state index < -0.39 is 7.59 Å². The molecule has 1 nitrogen and oxygen atoms in total. The molecule has 0 saturated heterocycles. The summed E-state index contributed by atoms with van der Waals surface area (Å²) in [4.78, 5) is 0. The van der Waals surface area contributed by atoms with E-state index in [2.05, 4.69) is 68.7 Å². The van der Waals surface area contributed by atoms with Gasteiger partial charge in [-0.15, -0.1) is 0 Å². The molecule has 0 spiro atoms. The first kappa shape index (κ1) is 16.5. The smallest absolute Gasteiger partial charge is 0.0991 e. The summed E-state index contributed by atoms with van der Waals surface area (Å²) < 4.78 is 0. The molecule has 0 saturated carbocycles. The lowest BCUT2D eigenvalue weighted by molar-refractivity contribution is 1.48. The molecule has 22 heavy (non-hydrogen) atoms. The van der Waals surface area contributed by atoms with Crippen LogP contribution in [0.15, 0.2) is 48.5 Å². The minimum Gasteiger partial charge on any atom is -0.192 e. The van der Waals surface area contributed by atoms with Gasteiger partial charge >= 0.3 is 0 Å². The molecule has 0 aliphatic rings. The zero-order valence-corrected chi connectivity index (χ0v) is 15.7. The second kappa shape index (κ2) is 6.91. The number of hydrogen-bond donors (Lipinski definition) is 0. The summed E-state index contributed by atoms with van der Waals surface area (Å²) in [6.45, 7) is 9.82. The Bertz CT molecular complexity index is 686. The van der Waals surface area contributed by atoms with E-state index in [1.807, 2.05) is 24.3 Å². The van der Waals surface area contributed by atoms with Gasteiger partial charge in [0.25, 0.3) is 0 Å². The number of rotatable bonds is 4. The first-order valence-electron chi connectivity index (χ1n) is 7.53. The summed E-state index contributed by atoms with van der Waals surface area (Å²) in [5, 5.41) is 10.3. The minimum absolute atomic E-state index is 0.389. The molecule has 0 heterocycles. The third-order valence-electron chi connectivity index (χ3n) is 3.98. The molecule has 0 aromatic heterocycles. The second-order valence-corrected chi connectivity index (χ2v) is 19.6. The fraction of sp³-hybridized carbons (Fsp3) is 0.211. The molecule has 0 bridgehead atoms. The minimum atomic E-state index is -1.04. The monoisotopic (exact) mass is 320 g/mol. The van der Waals surface area contributed by atoms with Crippen LogP contribution in [0.4, 0.5) is 0 Å². The lowest BCUT2D eigenvalue weighted by atomic mass is 10.1. The summed E-state index contributed by atoms with van der Waals surface area (Å²) in [7, 11) is -1.43. The average Bonchev–Trinajstić information content (AvgIpc) is 2.52. The molecule has 0 atom stereocenters. The van der Waals surface area contributed by atoms with Crippen LogP contribution in [-0.2, 0) is 0 Å². The maximum atomic E-state index is 8.80. The van der Waals surface area contributed by atoms with Gasteiger partial charge in [-0.25, -0.2) is 0 Å². The van der Waals surface area contributed by atoms with Crippen LogP contribution >= 0.6 is 0 Å². The summed E-state index contributed by atoms with van der Waals surface area (Å²) in [5.74, 6) is 0. The van der Waals surface area contributed by atoms with Crippen LogP contribution in [0.3, 0.4) is 0 Å². The van der Waals surface area contributed by atoms with Crippen LogP contribution in [0.2, 0.25) is 26.2 Å². The highest BCUT2D eigenvalue weighted by atomic mass is 29.2. The number of hydrogen-bond acceptors (Lipinski definition) is 1. The average molecular weight is 321 g/mol. The summed E-state index contributed by atoms with van der Waals surface area (Å²) in [6, 6.07) is 18.8. The SMILES string of the molecule is C[Si](c1ccc(/C=C/c2ccc(C#N)cc2)cc1)[Si](C)(C)C. The Morgan fingerprint density at radius 1 is 0.864 bits per heavy atom. The highest BCUT2D eigenvalue weighted by Gasteiger charge is 2.25. The normalized spacial score (nSPS) is 11.8. The molecular weight excluding hydrogens is 298 g/mol. The third kappa shape index (κ3) is 4.30. The summed E-state index contributed by atoms with van der Waals surface area (Å²) >= 11 is 0. The van der Waals surface area contributed by atoms with E-state index in [1.165, 1.54) is 5.56 Å². The molecule has 1 radical (unpaired) electrons. The Labute approximate surface area is 136 Å². The first-order valence-corrected chi connectivity index (χ1v) is 14.0. The first-order chi connectivity index (χ1) is 10.4. The third-order valence-corrected chi connectivity index (χ3v) is 15.0. The van der Waals surface area contributed by atoms with Crippen LogP contribution in [0.1, 0.15) is 16.7 Å². The Hall–Kier alpha value is -1.90. The van der Waals surface area contributed by atoms with Crippen LogP contribution in [0, 0.1) is 11.3 Å². The number of nitrogens with zero attached hydrogens (tertiary/aromatic N) is 1. The van der Waals surface area contributed by atoms with Crippen LogP contribution in [-0.4, -0.2) is 15.9 Å². The largest absolute Gasteiger partial charge is 0.192 e. The van der Waals surface area contributed by atoms with Crippen molar-refractivity contribution >= 4 is 33.2 Å². The second-order valence-electron chi connectivity index (χ2n) is 6.56. The van der Waals surface area contributed by atoms with Gasteiger partial charge in [0.1, 0.15) is 0 Å². The predicted molar refractivity (Wildman–Crippen MR) is 101 cm³/mol. The molecule has 111 valence electrons. The van der Waals surface area contributed by atoms with Crippen LogP contribution in [0.5, 0.6) is 0 Å². The molecule has 0 amide bonds. The molecule has 2 rings (SSSR count). The topological polar surface area (TPSA) is 23.8 Å². The van der Waals surface area contributed by atoms with E-state index >= 15 is 0 Å². The Morgan fingerprint density at radius 2 is 1.32 bits per heavy atom. The van der Waals surface area contributed by atoms with Gasteiger partial charge in [0.15, 0.2) is 0 Å². The number of benzene rings is 2. The molecule has 0 aliphatic carbocycles. The lowest BCUT2D eigenvalue weighted by Gasteiger charge is -2.23. The lowest BCUT2D eigenvalue weighted by Crippen LogP contribution is -2.49. The van der Waals surface area contributed by atoms with Crippen molar-refractivity contribution in [2.45, 2.75) is 26.2 Å². The van der Waals surface area contributed by atoms with E-state index in [0.717, 1.165) is 5.56 Å². The molecule has 2 aromatic rings. The summed E-state index contributed by atoms with van der Waals surface area (Å²) in [5.41, 5.74) is 3.04. The van der Waals surface area contributed by atoms with Crippen molar-refractivity contribution in [3.8, 4) is 6.07 Å². The maximum absolute atomic E-state index is 8.80. The Kier molecular flexibility index (Phi) is 5.17. The highest BCUT2D eigenvalue weighted by Crippen LogP contribution is 2.11. The Morgan fingerprint density at radius 3 is 1.73 bits per heavy atom. The van der Waals surface area contributed by atoms with Gasteiger partial charge in [0.05, 0.1) is 19.9 Å². The predicted octanol–water partition coefficient (Wildman–Crippen LogP) is 4.48. The van der Waals surface area contributed by atoms with Gasteiger partial charge in [-0.3, -0.25) is 0 Å². The van der Waals surface area contributed by atoms with Gasteiger partial charge in [0, 0.05) is 7.59 Å². The van der Waals surface area contributed by atoms with E-state index in [9.17, 15) is 0 Å². The quantitative estimate of drug-likeness (QED) is 0.602. The zero-order valence-electron chi connectivity index (χ0n) is 13.7. The van der Waals surface area contributed by atoms with Crippen molar-refractivity contribution in [2.75, 3.05) is 0 Å². The van der Waals surface area contributed by atoms with Gasteiger partial charge < -0.3 is 0 Å². The summed E-state index contributed by atoms with van der Waals surface area (Å²) in [6.07, 6.45) is 4.22. The molecule has 0 aliphatic heterocycles. The molecular formula is C19H22NSi2. The highest BCUT2D eigenvalue weighted by molar-refractivity contribution is 7.36. The van der Waals surface area contributed by atoms with Crippen molar-refractivity contribution < 1.29 is 0 Å². The van der Waals surface area contributed by atoms with Gasteiger partial charge in [-0.2, -0.15) is 5.26 Å². The van der Waals surface area contributed by atoms with Gasteiger partial charge in [-0.1, -0.05) is 79.9 Å². The van der Waals surface area contributed by atoms with E-state index in [1.54, 1.807) is 5.19 Å². The van der Waals surface area contributed by atoms with E-state index in [-0.39, 0.29) is 8.31 Å². The molecule has 0 fully saturated rings. The Balaban J connectivity index is 2.10. The molecule has 2 aromatic carbocycles. The molecule has 0 unspecified atom stereocenters. The number of nitriles is 1. The van der Waals surface area contributed by atoms with E-state index in [4.69, 9.17) is 5.26 Å². The standard InChI is InChI=1S/C19H22NSi2/c1-21(22(2,3)4)19-13-11-17(12-14-19)6-5-16-7-9-18(15-20)10-8-16/h5-14H,1-4H3/b6-5+. The van der Waals surface area contributed by atoms with Crippen molar-refractivity contribution in [3.05, 3.63) is 65.2 Å². The van der Waals surface area contributed by atoms with Gasteiger partial charge in [0.2, 0.25) is 0 Å². The van der Waals surface area contributed by atoms with Gasteiger partial charge in [-0.05, 0) is 23.3 Å². The van der Waals surface area contributed by atoms with Crippen molar-refractivity contribution in [2.24, 2.45) is 0 Å². The molecule has 0 N–H and O–H groups in total.